The molecule has 0 atom stereocenters. The van der Waals surface area contributed by atoms with Gasteiger partial charge in [0.2, 0.25) is 0 Å². The van der Waals surface area contributed by atoms with Gasteiger partial charge in [0.05, 0.1) is 18.2 Å². The Hall–Kier alpha value is -3.15. The lowest BCUT2D eigenvalue weighted by Gasteiger charge is -2.09. The molecule has 6 heteroatoms. The van der Waals surface area contributed by atoms with Crippen molar-refractivity contribution in [3.8, 4) is 0 Å². The van der Waals surface area contributed by atoms with Gasteiger partial charge in [0.1, 0.15) is 5.65 Å². The highest BCUT2D eigenvalue weighted by molar-refractivity contribution is 6.05. The highest BCUT2D eigenvalue weighted by Crippen LogP contribution is 2.13. The molecule has 0 aliphatic carbocycles. The Labute approximate surface area is 145 Å². The minimum absolute atomic E-state index is 0.267. The van der Waals surface area contributed by atoms with Crippen LogP contribution in [-0.4, -0.2) is 35.1 Å². The predicted molar refractivity (Wildman–Crippen MR) is 94.5 cm³/mol. The quantitative estimate of drug-likeness (QED) is 0.554. The summed E-state index contributed by atoms with van der Waals surface area (Å²) in [6.07, 6.45) is 4.52. The Balaban J connectivity index is 1.58. The Morgan fingerprint density at radius 3 is 2.72 bits per heavy atom. The molecule has 0 saturated carbocycles. The van der Waals surface area contributed by atoms with Crippen LogP contribution in [0.2, 0.25) is 0 Å². The van der Waals surface area contributed by atoms with Crippen molar-refractivity contribution in [3.05, 3.63) is 66.0 Å². The van der Waals surface area contributed by atoms with Crippen LogP contribution in [-0.2, 0) is 11.3 Å². The normalized spacial score (nSPS) is 10.6. The van der Waals surface area contributed by atoms with E-state index in [-0.39, 0.29) is 11.5 Å². The topological polar surface area (TPSA) is 73.2 Å². The average Bonchev–Trinajstić information content (AvgIpc) is 3.07. The number of aryl methyl sites for hydroxylation is 1. The summed E-state index contributed by atoms with van der Waals surface area (Å²) in [6, 6.07) is 12.6. The van der Waals surface area contributed by atoms with E-state index in [9.17, 15) is 9.59 Å². The number of benzene rings is 1. The van der Waals surface area contributed by atoms with Crippen LogP contribution in [0.4, 0.5) is 0 Å². The van der Waals surface area contributed by atoms with Crippen LogP contribution in [0, 0.1) is 0 Å². The standard InChI is InChI=1S/C19H19N3O3/c1-25-19(24)16-8-3-2-7-15(16)18(23)21-11-5-12-22-13-9-14-6-4-10-20-17(14)22/h2-4,6-10,13H,5,11-12H2,1H3,(H,21,23). The molecule has 128 valence electrons. The highest BCUT2D eigenvalue weighted by Gasteiger charge is 2.16. The number of hydrogen-bond acceptors (Lipinski definition) is 4. The summed E-state index contributed by atoms with van der Waals surface area (Å²) in [6.45, 7) is 1.25. The van der Waals surface area contributed by atoms with E-state index in [1.54, 1.807) is 30.5 Å². The van der Waals surface area contributed by atoms with Gasteiger partial charge >= 0.3 is 5.97 Å². The van der Waals surface area contributed by atoms with Crippen molar-refractivity contribution in [1.82, 2.24) is 14.9 Å². The van der Waals surface area contributed by atoms with Gasteiger partial charge in [0, 0.05) is 30.9 Å². The fourth-order valence-electron chi connectivity index (χ4n) is 2.72. The molecule has 3 aromatic rings. The number of nitrogens with zero attached hydrogens (tertiary/aromatic N) is 2. The summed E-state index contributed by atoms with van der Waals surface area (Å²) in [4.78, 5) is 28.4. The van der Waals surface area contributed by atoms with Gasteiger partial charge in [-0.15, -0.1) is 0 Å². The lowest BCUT2D eigenvalue weighted by Crippen LogP contribution is -2.27. The third-order valence-electron chi connectivity index (χ3n) is 3.96. The van der Waals surface area contributed by atoms with Gasteiger partial charge in [-0.25, -0.2) is 9.78 Å². The van der Waals surface area contributed by atoms with E-state index in [1.165, 1.54) is 7.11 Å². The summed E-state index contributed by atoms with van der Waals surface area (Å²) in [5, 5.41) is 3.94. The molecule has 1 amide bonds. The van der Waals surface area contributed by atoms with Gasteiger partial charge in [-0.1, -0.05) is 12.1 Å². The summed E-state index contributed by atoms with van der Waals surface area (Å²) >= 11 is 0. The van der Waals surface area contributed by atoms with Crippen molar-refractivity contribution in [2.45, 2.75) is 13.0 Å². The number of esters is 1. The van der Waals surface area contributed by atoms with Crippen LogP contribution in [0.3, 0.4) is 0 Å². The average molecular weight is 337 g/mol. The first-order valence-corrected chi connectivity index (χ1v) is 8.06. The maximum absolute atomic E-state index is 12.3. The van der Waals surface area contributed by atoms with Crippen LogP contribution >= 0.6 is 0 Å². The van der Waals surface area contributed by atoms with E-state index in [1.807, 2.05) is 24.4 Å². The second kappa shape index (κ2) is 7.61. The predicted octanol–water partition coefficient (Wildman–Crippen LogP) is 2.64. The first kappa shape index (κ1) is 16.7. The Morgan fingerprint density at radius 1 is 1.12 bits per heavy atom. The van der Waals surface area contributed by atoms with E-state index >= 15 is 0 Å². The molecule has 0 bridgehead atoms. The maximum atomic E-state index is 12.3. The van der Waals surface area contributed by atoms with E-state index in [4.69, 9.17) is 4.74 Å². The summed E-state index contributed by atoms with van der Waals surface area (Å²) < 4.78 is 6.77. The number of carbonyl (C=O) groups is 2. The van der Waals surface area contributed by atoms with Gasteiger partial charge in [-0.2, -0.15) is 0 Å². The molecule has 1 aromatic carbocycles. The molecule has 3 rings (SSSR count). The zero-order valence-electron chi connectivity index (χ0n) is 13.9. The zero-order valence-corrected chi connectivity index (χ0v) is 13.9. The number of fused-ring (bicyclic) bond motifs is 1. The Bertz CT molecular complexity index is 902. The first-order valence-electron chi connectivity index (χ1n) is 8.06. The van der Waals surface area contributed by atoms with Crippen LogP contribution in [0.25, 0.3) is 11.0 Å². The summed E-state index contributed by atoms with van der Waals surface area (Å²) in [7, 11) is 1.30. The number of hydrogen-bond donors (Lipinski definition) is 1. The SMILES string of the molecule is COC(=O)c1ccccc1C(=O)NCCCn1ccc2cccnc21. The number of ether oxygens (including phenoxy) is 1. The number of pyridine rings is 1. The van der Waals surface area contributed by atoms with Gasteiger partial charge in [-0.3, -0.25) is 4.79 Å². The second-order valence-corrected chi connectivity index (χ2v) is 5.57. The van der Waals surface area contributed by atoms with Crippen LogP contribution in [0.15, 0.2) is 54.9 Å². The molecular formula is C19H19N3O3. The molecule has 0 unspecified atom stereocenters. The third-order valence-corrected chi connectivity index (χ3v) is 3.96. The fourth-order valence-corrected chi connectivity index (χ4v) is 2.72. The van der Waals surface area contributed by atoms with Crippen molar-refractivity contribution < 1.29 is 14.3 Å². The molecular weight excluding hydrogens is 318 g/mol. The minimum atomic E-state index is -0.518. The highest BCUT2D eigenvalue weighted by atomic mass is 16.5. The molecule has 0 fully saturated rings. The molecule has 6 nitrogen and oxygen atoms in total. The molecule has 1 N–H and O–H groups in total. The largest absolute Gasteiger partial charge is 0.465 e. The van der Waals surface area contributed by atoms with E-state index in [0.717, 1.165) is 24.0 Å². The molecule has 0 aliphatic heterocycles. The van der Waals surface area contributed by atoms with Crippen LogP contribution < -0.4 is 5.32 Å². The van der Waals surface area contributed by atoms with E-state index in [0.29, 0.717) is 12.1 Å². The molecule has 0 saturated heterocycles. The minimum Gasteiger partial charge on any atom is -0.465 e. The van der Waals surface area contributed by atoms with Crippen LogP contribution in [0.5, 0.6) is 0 Å². The third kappa shape index (κ3) is 3.68. The molecule has 2 heterocycles. The number of nitrogens with one attached hydrogen (secondary N) is 1. The zero-order chi connectivity index (χ0) is 17.6. The fraction of sp³-hybridized carbons (Fsp3) is 0.211. The molecule has 25 heavy (non-hydrogen) atoms. The van der Waals surface area contributed by atoms with Gasteiger partial charge in [0.25, 0.3) is 5.91 Å². The number of amides is 1. The number of methoxy groups -OCH3 is 1. The maximum Gasteiger partial charge on any atom is 0.338 e. The number of carbonyl (C=O) groups excluding carboxylic acids is 2. The van der Waals surface area contributed by atoms with Crippen molar-refractivity contribution in [3.63, 3.8) is 0 Å². The van der Waals surface area contributed by atoms with Gasteiger partial charge in [0.15, 0.2) is 0 Å². The number of aromatic nitrogens is 2. The van der Waals surface area contributed by atoms with Crippen molar-refractivity contribution in [2.75, 3.05) is 13.7 Å². The monoisotopic (exact) mass is 337 g/mol. The second-order valence-electron chi connectivity index (χ2n) is 5.57. The number of rotatable bonds is 6. The molecule has 2 aromatic heterocycles. The van der Waals surface area contributed by atoms with Gasteiger partial charge in [-0.05, 0) is 36.8 Å². The Kier molecular flexibility index (Phi) is 5.09. The molecule has 0 radical (unpaired) electrons. The van der Waals surface area contributed by atoms with E-state index in [2.05, 4.69) is 14.9 Å². The van der Waals surface area contributed by atoms with Crippen LogP contribution in [0.1, 0.15) is 27.1 Å². The lowest BCUT2D eigenvalue weighted by atomic mass is 10.1. The molecule has 0 spiro atoms. The molecule has 0 aliphatic rings. The summed E-state index contributed by atoms with van der Waals surface area (Å²) in [5.41, 5.74) is 1.52. The van der Waals surface area contributed by atoms with Crippen molar-refractivity contribution in [1.29, 1.82) is 0 Å². The lowest BCUT2D eigenvalue weighted by molar-refractivity contribution is 0.0596. The Morgan fingerprint density at radius 2 is 1.92 bits per heavy atom. The summed E-state index contributed by atoms with van der Waals surface area (Å²) in [5.74, 6) is -0.799. The van der Waals surface area contributed by atoms with Crippen molar-refractivity contribution in [2.24, 2.45) is 0 Å². The van der Waals surface area contributed by atoms with E-state index < -0.39 is 5.97 Å². The first-order chi connectivity index (χ1) is 12.2. The van der Waals surface area contributed by atoms with Crippen molar-refractivity contribution >= 4 is 22.9 Å². The smallest absolute Gasteiger partial charge is 0.338 e. The van der Waals surface area contributed by atoms with Gasteiger partial charge < -0.3 is 14.6 Å².